The first-order valence-electron chi connectivity index (χ1n) is 5.49. The van der Waals surface area contributed by atoms with Gasteiger partial charge in [0, 0.05) is 0 Å². The lowest BCUT2D eigenvalue weighted by Gasteiger charge is -2.13. The molecule has 0 heterocycles. The summed E-state index contributed by atoms with van der Waals surface area (Å²) in [6, 6.07) is 8.88. The van der Waals surface area contributed by atoms with Gasteiger partial charge in [-0.2, -0.15) is 0 Å². The van der Waals surface area contributed by atoms with E-state index in [2.05, 4.69) is 45.0 Å². The third-order valence-corrected chi connectivity index (χ3v) is 2.85. The maximum Gasteiger partial charge on any atom is -0.000834 e. The second-order valence-electron chi connectivity index (χ2n) is 4.16. The van der Waals surface area contributed by atoms with Crippen LogP contribution in [0, 0.1) is 0 Å². The minimum absolute atomic E-state index is 0.524. The Hall–Kier alpha value is -0.820. The van der Waals surface area contributed by atoms with Crippen molar-refractivity contribution in [3.8, 4) is 0 Å². The summed E-state index contributed by atoms with van der Waals surface area (Å²) in [5.41, 5.74) is 8.49. The Labute approximate surface area is 87.3 Å². The zero-order valence-corrected chi connectivity index (χ0v) is 9.46. The number of benzene rings is 1. The molecule has 0 amide bonds. The van der Waals surface area contributed by atoms with Crippen LogP contribution < -0.4 is 5.73 Å². The van der Waals surface area contributed by atoms with Gasteiger partial charge in [-0.15, -0.1) is 0 Å². The Morgan fingerprint density at radius 1 is 1.07 bits per heavy atom. The lowest BCUT2D eigenvalue weighted by Crippen LogP contribution is -2.11. The molecule has 1 unspecified atom stereocenters. The second-order valence-corrected chi connectivity index (χ2v) is 4.16. The van der Waals surface area contributed by atoms with Crippen LogP contribution in [0.4, 0.5) is 0 Å². The van der Waals surface area contributed by atoms with E-state index in [1.807, 2.05) is 0 Å². The highest BCUT2D eigenvalue weighted by molar-refractivity contribution is 5.27. The smallest absolute Gasteiger partial charge is 0.000834 e. The lowest BCUT2D eigenvalue weighted by molar-refractivity contribution is 0.673. The topological polar surface area (TPSA) is 26.0 Å². The fraction of sp³-hybridized carbons (Fsp3) is 0.538. The third kappa shape index (κ3) is 2.58. The zero-order valence-electron chi connectivity index (χ0n) is 9.46. The number of hydrogen-bond acceptors (Lipinski definition) is 1. The van der Waals surface area contributed by atoms with Gasteiger partial charge in [0.15, 0.2) is 0 Å². The van der Waals surface area contributed by atoms with Crippen molar-refractivity contribution in [1.82, 2.24) is 0 Å². The third-order valence-electron chi connectivity index (χ3n) is 2.85. The van der Waals surface area contributed by atoms with Crippen molar-refractivity contribution in [3.63, 3.8) is 0 Å². The van der Waals surface area contributed by atoms with E-state index in [4.69, 9.17) is 5.73 Å². The van der Waals surface area contributed by atoms with E-state index in [1.54, 1.807) is 0 Å². The Balaban J connectivity index is 2.81. The summed E-state index contributed by atoms with van der Waals surface area (Å²) in [6.07, 6.45) is 1.12. The van der Waals surface area contributed by atoms with Gasteiger partial charge in [-0.25, -0.2) is 0 Å². The van der Waals surface area contributed by atoms with Crippen molar-refractivity contribution in [2.45, 2.75) is 39.0 Å². The monoisotopic (exact) mass is 191 g/mol. The average molecular weight is 191 g/mol. The van der Waals surface area contributed by atoms with Crippen LogP contribution in [0.1, 0.15) is 50.2 Å². The first kappa shape index (κ1) is 11.3. The molecule has 0 aliphatic rings. The Morgan fingerprint density at radius 2 is 1.57 bits per heavy atom. The largest absolute Gasteiger partial charge is 0.330 e. The highest BCUT2D eigenvalue weighted by Gasteiger charge is 2.07. The molecule has 78 valence electrons. The molecule has 14 heavy (non-hydrogen) atoms. The van der Waals surface area contributed by atoms with E-state index in [-0.39, 0.29) is 0 Å². The van der Waals surface area contributed by atoms with E-state index in [9.17, 15) is 0 Å². The molecular formula is C13H21N. The van der Waals surface area contributed by atoms with Crippen molar-refractivity contribution in [2.75, 3.05) is 6.54 Å². The van der Waals surface area contributed by atoms with Gasteiger partial charge in [-0.1, -0.05) is 45.0 Å². The second kappa shape index (κ2) is 5.16. The van der Waals surface area contributed by atoms with Crippen molar-refractivity contribution >= 4 is 0 Å². The van der Waals surface area contributed by atoms with Crippen molar-refractivity contribution in [1.29, 1.82) is 0 Å². The van der Waals surface area contributed by atoms with Crippen LogP contribution in [0.25, 0.3) is 0 Å². The molecule has 0 aliphatic heterocycles. The van der Waals surface area contributed by atoms with E-state index in [1.165, 1.54) is 11.1 Å². The first-order valence-corrected chi connectivity index (χ1v) is 5.49. The zero-order chi connectivity index (χ0) is 10.6. The van der Waals surface area contributed by atoms with Crippen LogP contribution in [0.5, 0.6) is 0 Å². The summed E-state index contributed by atoms with van der Waals surface area (Å²) in [5.74, 6) is 1.14. The molecule has 1 aromatic rings. The number of hydrogen-bond donors (Lipinski definition) is 1. The highest BCUT2D eigenvalue weighted by atomic mass is 14.5. The standard InChI is InChI=1S/C13H21N/c1-4-11(9-14)13-7-5-12(6-8-13)10(2)3/h5-8,10-11H,4,9,14H2,1-3H3. The maximum atomic E-state index is 5.71. The minimum Gasteiger partial charge on any atom is -0.330 e. The van der Waals surface area contributed by atoms with Crippen LogP contribution >= 0.6 is 0 Å². The van der Waals surface area contributed by atoms with Gasteiger partial charge >= 0.3 is 0 Å². The summed E-state index contributed by atoms with van der Waals surface area (Å²) in [6.45, 7) is 7.37. The Bertz CT molecular complexity index is 257. The van der Waals surface area contributed by atoms with Crippen LogP contribution in [0.15, 0.2) is 24.3 Å². The normalized spacial score (nSPS) is 13.2. The molecular weight excluding hydrogens is 170 g/mol. The molecule has 1 rings (SSSR count). The predicted octanol–water partition coefficient (Wildman–Crippen LogP) is 3.26. The van der Waals surface area contributed by atoms with E-state index >= 15 is 0 Å². The molecule has 0 spiro atoms. The molecule has 2 N–H and O–H groups in total. The Morgan fingerprint density at radius 3 is 1.93 bits per heavy atom. The number of nitrogens with two attached hydrogens (primary N) is 1. The number of rotatable bonds is 4. The fourth-order valence-electron chi connectivity index (χ4n) is 1.69. The van der Waals surface area contributed by atoms with Gasteiger partial charge < -0.3 is 5.73 Å². The Kier molecular flexibility index (Phi) is 4.15. The van der Waals surface area contributed by atoms with Gasteiger partial charge in [0.05, 0.1) is 0 Å². The highest BCUT2D eigenvalue weighted by Crippen LogP contribution is 2.21. The summed E-state index contributed by atoms with van der Waals surface area (Å²) in [7, 11) is 0. The summed E-state index contributed by atoms with van der Waals surface area (Å²) >= 11 is 0. The SMILES string of the molecule is CCC(CN)c1ccc(C(C)C)cc1. The van der Waals surface area contributed by atoms with Gasteiger partial charge in [0.1, 0.15) is 0 Å². The van der Waals surface area contributed by atoms with Crippen LogP contribution in [0.2, 0.25) is 0 Å². The molecule has 0 bridgehead atoms. The molecule has 1 heteroatoms. The molecule has 0 fully saturated rings. The van der Waals surface area contributed by atoms with Crippen LogP contribution in [-0.4, -0.2) is 6.54 Å². The van der Waals surface area contributed by atoms with Crippen LogP contribution in [-0.2, 0) is 0 Å². The van der Waals surface area contributed by atoms with E-state index < -0.39 is 0 Å². The van der Waals surface area contributed by atoms with Crippen LogP contribution in [0.3, 0.4) is 0 Å². The lowest BCUT2D eigenvalue weighted by atomic mass is 9.94. The van der Waals surface area contributed by atoms with Crippen molar-refractivity contribution < 1.29 is 0 Å². The maximum absolute atomic E-state index is 5.71. The molecule has 0 radical (unpaired) electrons. The molecule has 1 aromatic carbocycles. The van der Waals surface area contributed by atoms with Gasteiger partial charge in [-0.05, 0) is 35.9 Å². The predicted molar refractivity (Wildman–Crippen MR) is 62.6 cm³/mol. The molecule has 0 aromatic heterocycles. The fourth-order valence-corrected chi connectivity index (χ4v) is 1.69. The summed E-state index contributed by atoms with van der Waals surface area (Å²) in [5, 5.41) is 0. The van der Waals surface area contributed by atoms with Gasteiger partial charge in [0.2, 0.25) is 0 Å². The van der Waals surface area contributed by atoms with Crippen molar-refractivity contribution in [3.05, 3.63) is 35.4 Å². The van der Waals surface area contributed by atoms with E-state index in [0.29, 0.717) is 11.8 Å². The first-order chi connectivity index (χ1) is 6.69. The minimum atomic E-state index is 0.524. The summed E-state index contributed by atoms with van der Waals surface area (Å²) in [4.78, 5) is 0. The molecule has 0 saturated carbocycles. The van der Waals surface area contributed by atoms with Gasteiger partial charge in [-0.3, -0.25) is 0 Å². The molecule has 1 atom stereocenters. The average Bonchev–Trinajstić information content (AvgIpc) is 2.20. The quantitative estimate of drug-likeness (QED) is 0.776. The van der Waals surface area contributed by atoms with Gasteiger partial charge in [0.25, 0.3) is 0 Å². The molecule has 0 saturated heterocycles. The molecule has 1 nitrogen and oxygen atoms in total. The van der Waals surface area contributed by atoms with E-state index in [0.717, 1.165) is 13.0 Å². The molecule has 0 aliphatic carbocycles. The summed E-state index contributed by atoms with van der Waals surface area (Å²) < 4.78 is 0. The van der Waals surface area contributed by atoms with Crippen molar-refractivity contribution in [2.24, 2.45) is 5.73 Å².